The number of sulfonamides is 1. The lowest BCUT2D eigenvalue weighted by Crippen LogP contribution is -2.44. The molecular formula is C27H32Cl2N4O3S. The zero-order valence-corrected chi connectivity index (χ0v) is 23.6. The SMILES string of the molecule is CCc1c(C(CC)NS(=O)(=O)c2ccc(Cl)c(Cl)c2)ccnc1Oc1cccc(N2CCN(C)CC2)c1. The fourth-order valence-corrected chi connectivity index (χ4v) is 6.13. The van der Waals surface area contributed by atoms with Gasteiger partial charge in [-0.3, -0.25) is 0 Å². The van der Waals surface area contributed by atoms with Gasteiger partial charge in [-0.1, -0.05) is 43.1 Å². The van der Waals surface area contributed by atoms with E-state index in [1.807, 2.05) is 38.1 Å². The van der Waals surface area contributed by atoms with Crippen molar-refractivity contribution < 1.29 is 13.2 Å². The Bertz CT molecular complexity index is 1350. The summed E-state index contributed by atoms with van der Waals surface area (Å²) in [5, 5.41) is 0.485. The molecule has 1 atom stereocenters. The summed E-state index contributed by atoms with van der Waals surface area (Å²) >= 11 is 12.0. The van der Waals surface area contributed by atoms with Gasteiger partial charge in [-0.15, -0.1) is 0 Å². The first-order chi connectivity index (χ1) is 17.7. The highest BCUT2D eigenvalue weighted by Crippen LogP contribution is 2.33. The van der Waals surface area contributed by atoms with Gasteiger partial charge in [0.1, 0.15) is 5.75 Å². The molecule has 1 aliphatic heterocycles. The summed E-state index contributed by atoms with van der Waals surface area (Å²) in [5.74, 6) is 1.17. The molecule has 3 aromatic rings. The third-order valence-corrected chi connectivity index (χ3v) is 8.80. The number of nitrogens with zero attached hydrogens (tertiary/aromatic N) is 3. The molecule has 7 nitrogen and oxygen atoms in total. The van der Waals surface area contributed by atoms with Crippen LogP contribution in [-0.2, 0) is 16.4 Å². The zero-order chi connectivity index (χ0) is 26.6. The molecule has 0 radical (unpaired) electrons. The molecule has 1 saturated heterocycles. The third-order valence-electron chi connectivity index (χ3n) is 6.59. The predicted molar refractivity (Wildman–Crippen MR) is 150 cm³/mol. The van der Waals surface area contributed by atoms with Gasteiger partial charge in [-0.05, 0) is 61.9 Å². The number of piperazine rings is 1. The van der Waals surface area contributed by atoms with Crippen LogP contribution in [0.3, 0.4) is 0 Å². The molecule has 1 unspecified atom stereocenters. The molecule has 0 amide bonds. The molecule has 1 aliphatic rings. The highest BCUT2D eigenvalue weighted by Gasteiger charge is 2.24. The molecule has 1 aromatic heterocycles. The molecule has 1 fully saturated rings. The number of hydrogen-bond donors (Lipinski definition) is 1. The minimum atomic E-state index is -3.84. The summed E-state index contributed by atoms with van der Waals surface area (Å²) in [5.41, 5.74) is 2.80. The van der Waals surface area contributed by atoms with Crippen LogP contribution in [0.25, 0.3) is 0 Å². The summed E-state index contributed by atoms with van der Waals surface area (Å²) in [6, 6.07) is 13.7. The van der Waals surface area contributed by atoms with Gasteiger partial charge >= 0.3 is 0 Å². The summed E-state index contributed by atoms with van der Waals surface area (Å²) in [6.45, 7) is 7.91. The van der Waals surface area contributed by atoms with Gasteiger partial charge in [0, 0.05) is 55.7 Å². The van der Waals surface area contributed by atoms with Gasteiger partial charge in [0.15, 0.2) is 0 Å². The van der Waals surface area contributed by atoms with Crippen molar-refractivity contribution in [2.24, 2.45) is 0 Å². The van der Waals surface area contributed by atoms with E-state index in [4.69, 9.17) is 27.9 Å². The normalized spacial score (nSPS) is 15.5. The van der Waals surface area contributed by atoms with E-state index >= 15 is 0 Å². The van der Waals surface area contributed by atoms with Crippen LogP contribution in [0.5, 0.6) is 11.6 Å². The Morgan fingerprint density at radius 3 is 2.46 bits per heavy atom. The van der Waals surface area contributed by atoms with Crippen molar-refractivity contribution in [2.45, 2.75) is 37.6 Å². The lowest BCUT2D eigenvalue weighted by molar-refractivity contribution is 0.312. The van der Waals surface area contributed by atoms with Gasteiger partial charge in [0.25, 0.3) is 0 Å². The minimum Gasteiger partial charge on any atom is -0.439 e. The lowest BCUT2D eigenvalue weighted by atomic mass is 9.99. The van der Waals surface area contributed by atoms with E-state index in [9.17, 15) is 8.42 Å². The second-order valence-electron chi connectivity index (χ2n) is 9.09. The van der Waals surface area contributed by atoms with Crippen LogP contribution in [0.15, 0.2) is 59.6 Å². The summed E-state index contributed by atoms with van der Waals surface area (Å²) < 4.78 is 35.4. The quantitative estimate of drug-likeness (QED) is 0.348. The second kappa shape index (κ2) is 12.0. The first-order valence-electron chi connectivity index (χ1n) is 12.4. The van der Waals surface area contributed by atoms with Gasteiger partial charge in [0.05, 0.1) is 14.9 Å². The summed E-state index contributed by atoms with van der Waals surface area (Å²) in [4.78, 5) is 9.23. The largest absolute Gasteiger partial charge is 0.439 e. The van der Waals surface area contributed by atoms with Crippen molar-refractivity contribution in [1.82, 2.24) is 14.6 Å². The molecule has 2 heterocycles. The van der Waals surface area contributed by atoms with E-state index in [1.165, 1.54) is 18.2 Å². The van der Waals surface area contributed by atoms with Gasteiger partial charge < -0.3 is 14.5 Å². The fraction of sp³-hybridized carbons (Fsp3) is 0.370. The fourth-order valence-electron chi connectivity index (χ4n) is 4.44. The number of hydrogen-bond acceptors (Lipinski definition) is 6. The molecule has 0 bridgehead atoms. The number of aromatic nitrogens is 1. The van der Waals surface area contributed by atoms with E-state index in [-0.39, 0.29) is 9.92 Å². The molecule has 0 saturated carbocycles. The molecule has 0 spiro atoms. The molecule has 2 aromatic carbocycles. The summed E-state index contributed by atoms with van der Waals surface area (Å²) in [7, 11) is -1.71. The molecular weight excluding hydrogens is 531 g/mol. The Morgan fingerprint density at radius 1 is 1.03 bits per heavy atom. The molecule has 0 aliphatic carbocycles. The maximum Gasteiger partial charge on any atom is 0.241 e. The van der Waals surface area contributed by atoms with Crippen LogP contribution in [0.1, 0.15) is 37.4 Å². The molecule has 198 valence electrons. The number of nitrogens with one attached hydrogen (secondary N) is 1. The number of benzene rings is 2. The lowest BCUT2D eigenvalue weighted by Gasteiger charge is -2.34. The van der Waals surface area contributed by atoms with Crippen molar-refractivity contribution in [2.75, 3.05) is 38.1 Å². The van der Waals surface area contributed by atoms with Crippen LogP contribution in [-0.4, -0.2) is 51.5 Å². The van der Waals surface area contributed by atoms with Crippen LogP contribution >= 0.6 is 23.2 Å². The number of anilines is 1. The van der Waals surface area contributed by atoms with Gasteiger partial charge in [0.2, 0.25) is 15.9 Å². The van der Waals surface area contributed by atoms with Crippen molar-refractivity contribution >= 4 is 38.9 Å². The number of likely N-dealkylation sites (N-methyl/N-ethyl adjacent to an activating group) is 1. The maximum atomic E-state index is 13.2. The Kier molecular flexibility index (Phi) is 8.98. The third kappa shape index (κ3) is 6.56. The van der Waals surface area contributed by atoms with Crippen molar-refractivity contribution in [3.63, 3.8) is 0 Å². The summed E-state index contributed by atoms with van der Waals surface area (Å²) in [6.07, 6.45) is 2.82. The van der Waals surface area contributed by atoms with Crippen molar-refractivity contribution in [3.8, 4) is 11.6 Å². The monoisotopic (exact) mass is 562 g/mol. The van der Waals surface area contributed by atoms with E-state index in [0.717, 1.165) is 43.0 Å². The Balaban J connectivity index is 1.59. The van der Waals surface area contributed by atoms with Crippen molar-refractivity contribution in [1.29, 1.82) is 0 Å². The van der Waals surface area contributed by atoms with Crippen molar-refractivity contribution in [3.05, 3.63) is 75.9 Å². The van der Waals surface area contributed by atoms with Crippen LogP contribution < -0.4 is 14.4 Å². The van der Waals surface area contributed by atoms with Crippen LogP contribution in [0.4, 0.5) is 5.69 Å². The second-order valence-corrected chi connectivity index (χ2v) is 11.6. The predicted octanol–water partition coefficient (Wildman–Crippen LogP) is 5.92. The van der Waals surface area contributed by atoms with E-state index < -0.39 is 16.1 Å². The van der Waals surface area contributed by atoms with Crippen LogP contribution in [0, 0.1) is 0 Å². The van der Waals surface area contributed by atoms with E-state index in [1.54, 1.807) is 6.20 Å². The van der Waals surface area contributed by atoms with E-state index in [2.05, 4.69) is 32.6 Å². The standard InChI is InChI=1S/C27H32Cl2N4O3S/c1-4-22-23(26(5-2)31-37(34,35)21-9-10-24(28)25(29)18-21)11-12-30-27(22)36-20-8-6-7-19(17-20)33-15-13-32(3)14-16-33/h6-12,17-18,26,31H,4-5,13-16H2,1-3H3. The average molecular weight is 564 g/mol. The first kappa shape index (κ1) is 27.7. The molecule has 10 heteroatoms. The van der Waals surface area contributed by atoms with E-state index in [0.29, 0.717) is 29.5 Å². The van der Waals surface area contributed by atoms with Gasteiger partial charge in [-0.2, -0.15) is 0 Å². The average Bonchev–Trinajstić information content (AvgIpc) is 2.89. The smallest absolute Gasteiger partial charge is 0.241 e. The number of ether oxygens (including phenoxy) is 1. The molecule has 37 heavy (non-hydrogen) atoms. The molecule has 1 N–H and O–H groups in total. The molecule has 4 rings (SSSR count). The first-order valence-corrected chi connectivity index (χ1v) is 14.6. The number of rotatable bonds is 9. The number of halogens is 2. The minimum absolute atomic E-state index is 0.0599. The highest BCUT2D eigenvalue weighted by molar-refractivity contribution is 7.89. The Labute approximate surface area is 229 Å². The Hall–Kier alpha value is -2.36. The zero-order valence-electron chi connectivity index (χ0n) is 21.2. The van der Waals surface area contributed by atoms with Gasteiger partial charge in [-0.25, -0.2) is 18.1 Å². The number of pyridine rings is 1. The maximum absolute atomic E-state index is 13.2. The Morgan fingerprint density at radius 2 is 1.78 bits per heavy atom. The highest BCUT2D eigenvalue weighted by atomic mass is 35.5. The topological polar surface area (TPSA) is 74.8 Å². The van der Waals surface area contributed by atoms with Crippen LogP contribution in [0.2, 0.25) is 10.0 Å².